The summed E-state index contributed by atoms with van der Waals surface area (Å²) in [6, 6.07) is 6.94. The van der Waals surface area contributed by atoms with Crippen LogP contribution in [0.1, 0.15) is 33.1 Å². The topological polar surface area (TPSA) is 69.1 Å². The lowest BCUT2D eigenvalue weighted by Gasteiger charge is -2.20. The molecule has 2 fully saturated rings. The summed E-state index contributed by atoms with van der Waals surface area (Å²) in [4.78, 5) is 7.12. The number of aliphatic imine (C=N–C) groups is 1. The number of aliphatic hydroxyl groups excluding tert-OH is 1. The van der Waals surface area contributed by atoms with Crippen LogP contribution in [0.4, 0.5) is 0 Å². The third kappa shape index (κ3) is 5.89. The van der Waals surface area contributed by atoms with Crippen LogP contribution in [0.25, 0.3) is 0 Å². The van der Waals surface area contributed by atoms with Crippen LogP contribution in [0.2, 0.25) is 10.0 Å². The molecule has 1 aliphatic heterocycles. The Hall–Kier alpha value is -1.21. The Bertz CT molecular complexity index is 684. The van der Waals surface area contributed by atoms with E-state index in [0.717, 1.165) is 31.5 Å². The molecule has 8 heteroatoms. The van der Waals surface area contributed by atoms with Crippen LogP contribution in [0.15, 0.2) is 23.2 Å². The number of hydrogen-bond donors (Lipinski definition) is 3. The molecule has 0 amide bonds. The Balaban J connectivity index is 1.48. The monoisotopic (exact) mass is 428 g/mol. The minimum absolute atomic E-state index is 0.0961. The van der Waals surface area contributed by atoms with Crippen molar-refractivity contribution in [1.29, 1.82) is 0 Å². The zero-order valence-corrected chi connectivity index (χ0v) is 18.0. The Morgan fingerprint density at radius 1 is 1.39 bits per heavy atom. The lowest BCUT2D eigenvalue weighted by atomic mass is 10.2. The van der Waals surface area contributed by atoms with Gasteiger partial charge in [-0.05, 0) is 45.2 Å². The van der Waals surface area contributed by atoms with Gasteiger partial charge < -0.3 is 20.5 Å². The number of halogens is 2. The first-order chi connectivity index (χ1) is 13.5. The fourth-order valence-electron chi connectivity index (χ4n) is 3.62. The molecule has 1 aliphatic carbocycles. The van der Waals surface area contributed by atoms with Gasteiger partial charge in [0.15, 0.2) is 5.96 Å². The molecule has 3 unspecified atom stereocenters. The molecule has 3 rings (SSSR count). The molecule has 2 aliphatic rings. The van der Waals surface area contributed by atoms with E-state index in [4.69, 9.17) is 27.9 Å². The van der Waals surface area contributed by atoms with E-state index in [9.17, 15) is 5.11 Å². The highest BCUT2D eigenvalue weighted by atomic mass is 35.5. The molecule has 1 saturated heterocycles. The number of aliphatic hydroxyl groups is 1. The van der Waals surface area contributed by atoms with Crippen molar-refractivity contribution in [2.45, 2.75) is 57.3 Å². The maximum absolute atomic E-state index is 10.2. The van der Waals surface area contributed by atoms with Crippen LogP contribution in [0.3, 0.4) is 0 Å². The summed E-state index contributed by atoms with van der Waals surface area (Å²) in [6.45, 7) is 6.49. The first-order valence-electron chi connectivity index (χ1n) is 10.0. The van der Waals surface area contributed by atoms with Crippen molar-refractivity contribution in [2.24, 2.45) is 4.99 Å². The molecule has 0 radical (unpaired) electrons. The van der Waals surface area contributed by atoms with Gasteiger partial charge in [-0.1, -0.05) is 29.3 Å². The van der Waals surface area contributed by atoms with Gasteiger partial charge in [0.2, 0.25) is 0 Å². The summed E-state index contributed by atoms with van der Waals surface area (Å²) in [5.41, 5.74) is 0. The molecular formula is C20H30Cl2N4O2. The summed E-state index contributed by atoms with van der Waals surface area (Å²) >= 11 is 12.1. The molecule has 0 aromatic heterocycles. The smallest absolute Gasteiger partial charge is 0.191 e. The average Bonchev–Trinajstić information content (AvgIpc) is 3.44. The van der Waals surface area contributed by atoms with E-state index < -0.39 is 6.10 Å². The molecule has 0 spiro atoms. The predicted octanol–water partition coefficient (Wildman–Crippen LogP) is 2.91. The van der Waals surface area contributed by atoms with Crippen molar-refractivity contribution >= 4 is 29.2 Å². The van der Waals surface area contributed by atoms with E-state index in [1.165, 1.54) is 12.8 Å². The van der Waals surface area contributed by atoms with E-state index in [0.29, 0.717) is 27.9 Å². The third-order valence-electron chi connectivity index (χ3n) is 5.13. The van der Waals surface area contributed by atoms with Gasteiger partial charge in [0.05, 0.1) is 11.6 Å². The molecule has 0 bridgehead atoms. The molecule has 156 valence electrons. The normalized spacial score (nSPS) is 24.2. The fourth-order valence-corrected chi connectivity index (χ4v) is 3.97. The first-order valence-corrected chi connectivity index (χ1v) is 10.8. The van der Waals surface area contributed by atoms with Crippen LogP contribution in [-0.4, -0.2) is 66.4 Å². The summed E-state index contributed by atoms with van der Waals surface area (Å²) in [5, 5.41) is 17.8. The maximum Gasteiger partial charge on any atom is 0.191 e. The van der Waals surface area contributed by atoms with Crippen molar-refractivity contribution in [3.8, 4) is 5.75 Å². The van der Waals surface area contributed by atoms with Gasteiger partial charge in [0, 0.05) is 31.2 Å². The highest BCUT2D eigenvalue weighted by Crippen LogP contribution is 2.33. The van der Waals surface area contributed by atoms with Gasteiger partial charge in [0.1, 0.15) is 23.5 Å². The van der Waals surface area contributed by atoms with Crippen LogP contribution in [0.5, 0.6) is 5.75 Å². The van der Waals surface area contributed by atoms with Crippen molar-refractivity contribution in [1.82, 2.24) is 15.5 Å². The number of hydrogen-bond acceptors (Lipinski definition) is 4. The van der Waals surface area contributed by atoms with Gasteiger partial charge in [-0.3, -0.25) is 9.89 Å². The SMILES string of the molecule is CCNC(=NCC(O)COc1cccc(Cl)c1Cl)NC1CC(C)N(C2CC2)C1. The van der Waals surface area contributed by atoms with Gasteiger partial charge >= 0.3 is 0 Å². The Morgan fingerprint density at radius 2 is 2.18 bits per heavy atom. The number of benzene rings is 1. The van der Waals surface area contributed by atoms with Gasteiger partial charge in [-0.15, -0.1) is 0 Å². The van der Waals surface area contributed by atoms with Crippen molar-refractivity contribution in [3.63, 3.8) is 0 Å². The summed E-state index contributed by atoms with van der Waals surface area (Å²) in [6.07, 6.45) is 3.03. The first kappa shape index (κ1) is 21.5. The molecule has 3 atom stereocenters. The number of rotatable bonds is 8. The highest BCUT2D eigenvalue weighted by Gasteiger charge is 2.38. The molecule has 3 N–H and O–H groups in total. The van der Waals surface area contributed by atoms with Crippen LogP contribution in [0, 0.1) is 0 Å². The number of likely N-dealkylation sites (tertiary alicyclic amines) is 1. The highest BCUT2D eigenvalue weighted by molar-refractivity contribution is 6.42. The summed E-state index contributed by atoms with van der Waals surface area (Å²) in [5.74, 6) is 1.19. The molecule has 6 nitrogen and oxygen atoms in total. The summed E-state index contributed by atoms with van der Waals surface area (Å²) < 4.78 is 5.58. The largest absolute Gasteiger partial charge is 0.489 e. The average molecular weight is 429 g/mol. The third-order valence-corrected chi connectivity index (χ3v) is 5.93. The number of nitrogens with one attached hydrogen (secondary N) is 2. The summed E-state index contributed by atoms with van der Waals surface area (Å²) in [7, 11) is 0. The molecule has 1 saturated carbocycles. The quantitative estimate of drug-likeness (QED) is 0.438. The fraction of sp³-hybridized carbons (Fsp3) is 0.650. The van der Waals surface area contributed by atoms with Crippen molar-refractivity contribution in [2.75, 3.05) is 26.2 Å². The van der Waals surface area contributed by atoms with Crippen LogP contribution in [-0.2, 0) is 0 Å². The second-order valence-corrected chi connectivity index (χ2v) is 8.38. The molecule has 1 heterocycles. The van der Waals surface area contributed by atoms with Gasteiger partial charge in [0.25, 0.3) is 0 Å². The molecular weight excluding hydrogens is 399 g/mol. The van der Waals surface area contributed by atoms with E-state index in [2.05, 4.69) is 27.4 Å². The molecule has 1 aromatic rings. The van der Waals surface area contributed by atoms with Crippen LogP contribution < -0.4 is 15.4 Å². The Labute approximate surface area is 177 Å². The second-order valence-electron chi connectivity index (χ2n) is 7.59. The number of guanidine groups is 1. The van der Waals surface area contributed by atoms with Gasteiger partial charge in [-0.25, -0.2) is 0 Å². The van der Waals surface area contributed by atoms with E-state index in [1.807, 2.05) is 6.92 Å². The van der Waals surface area contributed by atoms with E-state index in [1.54, 1.807) is 18.2 Å². The molecule has 1 aromatic carbocycles. The Kier molecular flexibility index (Phi) is 7.69. The van der Waals surface area contributed by atoms with Crippen LogP contribution >= 0.6 is 23.2 Å². The number of nitrogens with zero attached hydrogens (tertiary/aromatic N) is 2. The number of ether oxygens (including phenoxy) is 1. The van der Waals surface area contributed by atoms with Gasteiger partial charge in [-0.2, -0.15) is 0 Å². The Morgan fingerprint density at radius 3 is 2.89 bits per heavy atom. The van der Waals surface area contributed by atoms with Crippen molar-refractivity contribution in [3.05, 3.63) is 28.2 Å². The molecule has 28 heavy (non-hydrogen) atoms. The maximum atomic E-state index is 10.2. The van der Waals surface area contributed by atoms with Crippen molar-refractivity contribution < 1.29 is 9.84 Å². The predicted molar refractivity (Wildman–Crippen MR) is 115 cm³/mol. The standard InChI is InChI=1S/C20H30Cl2N4O2/c1-3-23-20(25-14-9-13(2)26(11-14)15-7-8-15)24-10-16(27)12-28-18-6-4-5-17(21)19(18)22/h4-6,13-16,27H,3,7-12H2,1-2H3,(H2,23,24,25). The minimum Gasteiger partial charge on any atom is -0.489 e. The zero-order valence-electron chi connectivity index (χ0n) is 16.5. The zero-order chi connectivity index (χ0) is 20.1. The van der Waals surface area contributed by atoms with E-state index in [-0.39, 0.29) is 13.2 Å². The lowest BCUT2D eigenvalue weighted by molar-refractivity contribution is 0.114. The van der Waals surface area contributed by atoms with E-state index >= 15 is 0 Å². The minimum atomic E-state index is -0.740. The second kappa shape index (κ2) is 10.0. The lowest BCUT2D eigenvalue weighted by Crippen LogP contribution is -2.45.